The van der Waals surface area contributed by atoms with Gasteiger partial charge in [0.25, 0.3) is 0 Å². The van der Waals surface area contributed by atoms with Crippen molar-refractivity contribution in [2.45, 2.75) is 36.1 Å². The number of benzene rings is 1. The van der Waals surface area contributed by atoms with Gasteiger partial charge < -0.3 is 14.8 Å². The molecule has 1 spiro atoms. The molecule has 5 nitrogen and oxygen atoms in total. The van der Waals surface area contributed by atoms with Crippen molar-refractivity contribution in [3.63, 3.8) is 0 Å². The second kappa shape index (κ2) is 5.30. The summed E-state index contributed by atoms with van der Waals surface area (Å²) in [5.74, 6) is 0.912. The molecule has 1 aromatic rings. The Morgan fingerprint density at radius 2 is 2.00 bits per heavy atom. The zero-order valence-corrected chi connectivity index (χ0v) is 13.5. The average Bonchev–Trinajstić information content (AvgIpc) is 3.32. The maximum atomic E-state index is 12.4. The lowest BCUT2D eigenvalue weighted by molar-refractivity contribution is 0.169. The number of sulfonamides is 1. The summed E-state index contributed by atoms with van der Waals surface area (Å²) in [4.78, 5) is 2.91. The molecule has 6 heteroatoms. The van der Waals surface area contributed by atoms with Gasteiger partial charge in [-0.3, -0.25) is 0 Å². The minimum Gasteiger partial charge on any atom is -0.593 e. The van der Waals surface area contributed by atoms with E-state index < -0.39 is 10.4 Å². The van der Waals surface area contributed by atoms with E-state index in [1.165, 1.54) is 19.4 Å². The first-order valence-corrected chi connectivity index (χ1v) is 9.64. The molecule has 4 rings (SSSR count). The molecule has 120 valence electrons. The first-order valence-electron chi connectivity index (χ1n) is 8.16. The van der Waals surface area contributed by atoms with Crippen molar-refractivity contribution in [2.24, 2.45) is 5.92 Å². The van der Waals surface area contributed by atoms with Crippen molar-refractivity contribution < 1.29 is 8.76 Å². The van der Waals surface area contributed by atoms with E-state index in [1.807, 2.05) is 12.1 Å². The average molecular weight is 321 g/mol. The van der Waals surface area contributed by atoms with E-state index >= 15 is 0 Å². The summed E-state index contributed by atoms with van der Waals surface area (Å²) in [6, 6.07) is 7.21. The number of rotatable bonds is 2. The highest BCUT2D eigenvalue weighted by atomic mass is 32.3. The van der Waals surface area contributed by atoms with Crippen molar-refractivity contribution in [2.75, 3.05) is 31.5 Å². The van der Waals surface area contributed by atoms with Gasteiger partial charge in [-0.05, 0) is 43.7 Å². The van der Waals surface area contributed by atoms with Crippen LogP contribution >= 0.6 is 0 Å². The molecule has 1 aliphatic carbocycles. The van der Waals surface area contributed by atoms with E-state index in [9.17, 15) is 8.76 Å². The van der Waals surface area contributed by atoms with Crippen LogP contribution in [0.3, 0.4) is 0 Å². The quantitative estimate of drug-likeness (QED) is 0.816. The molecule has 1 saturated carbocycles. The summed E-state index contributed by atoms with van der Waals surface area (Å²) in [5.41, 5.74) is 0.586. The summed E-state index contributed by atoms with van der Waals surface area (Å²) in [5, 5.41) is 3.55. The minimum absolute atomic E-state index is 0.153. The lowest BCUT2D eigenvalue weighted by atomic mass is 9.87. The predicted molar refractivity (Wildman–Crippen MR) is 86.3 cm³/mol. The largest absolute Gasteiger partial charge is 0.593 e. The van der Waals surface area contributed by atoms with E-state index in [0.717, 1.165) is 37.5 Å². The van der Waals surface area contributed by atoms with Gasteiger partial charge in [-0.2, -0.15) is 0 Å². The fourth-order valence-electron chi connectivity index (χ4n) is 3.58. The molecule has 2 heterocycles. The van der Waals surface area contributed by atoms with Crippen LogP contribution in [0, 0.1) is 5.92 Å². The topological polar surface area (TPSA) is 67.4 Å². The maximum absolute atomic E-state index is 12.4. The van der Waals surface area contributed by atoms with Crippen molar-refractivity contribution in [1.82, 2.24) is 9.62 Å². The van der Waals surface area contributed by atoms with Gasteiger partial charge in [-0.25, -0.2) is 0 Å². The highest BCUT2D eigenvalue weighted by molar-refractivity contribution is 7.96. The third kappa shape index (κ3) is 2.80. The number of piperidine rings is 1. The van der Waals surface area contributed by atoms with Gasteiger partial charge in [0, 0.05) is 19.6 Å². The van der Waals surface area contributed by atoms with E-state index in [4.69, 9.17) is 0 Å². The van der Waals surface area contributed by atoms with E-state index in [2.05, 4.69) is 14.9 Å². The fourth-order valence-corrected chi connectivity index (χ4v) is 4.86. The number of hydrogen-bond donors (Lipinski definition) is 2. The van der Waals surface area contributed by atoms with Crippen LogP contribution in [0.25, 0.3) is 0 Å². The molecule has 1 atom stereocenters. The third-order valence-corrected chi connectivity index (χ3v) is 6.66. The van der Waals surface area contributed by atoms with Crippen LogP contribution in [-0.4, -0.2) is 41.2 Å². The Labute approximate surface area is 132 Å². The van der Waals surface area contributed by atoms with E-state index in [-0.39, 0.29) is 5.54 Å². The molecule has 1 aromatic carbocycles. The fraction of sp³-hybridized carbons (Fsp3) is 0.625. The number of fused-ring (bicyclic) bond motifs is 1. The summed E-state index contributed by atoms with van der Waals surface area (Å²) in [7, 11) is -3.40. The number of para-hydroxylation sites is 1. The van der Waals surface area contributed by atoms with Crippen molar-refractivity contribution >= 4 is 16.1 Å². The van der Waals surface area contributed by atoms with Gasteiger partial charge in [0.05, 0.1) is 17.8 Å². The molecule has 2 N–H and O–H groups in total. The van der Waals surface area contributed by atoms with Crippen LogP contribution in [0.4, 0.5) is 5.69 Å². The monoisotopic (exact) mass is 321 g/mol. The summed E-state index contributed by atoms with van der Waals surface area (Å²) < 4.78 is 27.5. The molecule has 1 unspecified atom stereocenters. The summed E-state index contributed by atoms with van der Waals surface area (Å²) in [6.45, 7) is 3.79. The Kier molecular flexibility index (Phi) is 3.52. The number of anilines is 1. The molecule has 1 saturated heterocycles. The Hall–Kier alpha value is -0.950. The molecule has 2 aliphatic heterocycles. The first-order chi connectivity index (χ1) is 10.6. The van der Waals surface area contributed by atoms with Crippen molar-refractivity contribution in [1.29, 1.82) is 0 Å². The molecule has 22 heavy (non-hydrogen) atoms. The van der Waals surface area contributed by atoms with E-state index in [1.54, 1.807) is 12.1 Å². The second-order valence-corrected chi connectivity index (χ2v) is 8.71. The van der Waals surface area contributed by atoms with Gasteiger partial charge >= 0.3 is 0 Å². The molecule has 2 fully saturated rings. The second-order valence-electron chi connectivity index (χ2n) is 6.97. The Morgan fingerprint density at radius 3 is 2.73 bits per heavy atom. The zero-order valence-electron chi connectivity index (χ0n) is 12.7. The zero-order chi connectivity index (χ0) is 15.2. The normalized spacial score (nSPS) is 31.3. The molecule has 3 aliphatic rings. The Morgan fingerprint density at radius 1 is 1.27 bits per heavy atom. The lowest BCUT2D eigenvalue weighted by Crippen LogP contribution is -2.54. The molecule has 0 aromatic heterocycles. The Bertz CT molecular complexity index is 609. The highest BCUT2D eigenvalue weighted by Crippen LogP contribution is 2.36. The number of nitrogens with one attached hydrogen (secondary N) is 2. The smallest absolute Gasteiger partial charge is 0.198 e. The predicted octanol–water partition coefficient (Wildman–Crippen LogP) is 1.85. The van der Waals surface area contributed by atoms with Crippen LogP contribution in [0.15, 0.2) is 29.2 Å². The van der Waals surface area contributed by atoms with Crippen LogP contribution < -0.4 is 10.0 Å². The lowest BCUT2D eigenvalue weighted by Gasteiger charge is -2.41. The van der Waals surface area contributed by atoms with Gasteiger partial charge in [0.1, 0.15) is 0 Å². The summed E-state index contributed by atoms with van der Waals surface area (Å²) in [6.07, 6.45) is 4.73. The summed E-state index contributed by atoms with van der Waals surface area (Å²) >= 11 is 0. The standard InChI is InChI=1S/C16H23N3O2S/c20-22(21)15-4-2-1-3-14(15)18-16(12-17-22)7-9-19(10-8-16)11-13-5-6-13/h1-4,13,18H,5-12H2,(H-,17,20,21). The third-order valence-electron chi connectivity index (χ3n) is 5.20. The van der Waals surface area contributed by atoms with E-state index in [0.29, 0.717) is 11.4 Å². The molecule has 0 bridgehead atoms. The van der Waals surface area contributed by atoms with Gasteiger partial charge in [0.15, 0.2) is 15.3 Å². The van der Waals surface area contributed by atoms with Gasteiger partial charge in [0.2, 0.25) is 0 Å². The molecular weight excluding hydrogens is 298 g/mol. The molecule has 0 radical (unpaired) electrons. The van der Waals surface area contributed by atoms with Crippen LogP contribution in [0.5, 0.6) is 0 Å². The van der Waals surface area contributed by atoms with Crippen LogP contribution in [0.1, 0.15) is 25.7 Å². The number of hydrogen-bond acceptors (Lipinski definition) is 4. The van der Waals surface area contributed by atoms with Gasteiger partial charge in [-0.1, -0.05) is 16.3 Å². The first kappa shape index (κ1) is 14.6. The van der Waals surface area contributed by atoms with Gasteiger partial charge in [-0.15, -0.1) is 4.72 Å². The Balaban J connectivity index is 1.53. The number of likely N-dealkylation sites (tertiary alicyclic amines) is 1. The highest BCUT2D eigenvalue weighted by Gasteiger charge is 2.42. The minimum atomic E-state index is -3.40. The SMILES string of the molecule is O=[S+]1([O-])NCC2(CCN(CC3CC3)CC2)Nc2ccccc21. The maximum Gasteiger partial charge on any atom is 0.198 e. The van der Waals surface area contributed by atoms with Crippen molar-refractivity contribution in [3.05, 3.63) is 24.3 Å². The number of nitrogens with zero attached hydrogens (tertiary/aromatic N) is 1. The molecular formula is C16H23N3O2S. The van der Waals surface area contributed by atoms with Crippen LogP contribution in [0.2, 0.25) is 0 Å². The molecule has 0 amide bonds. The van der Waals surface area contributed by atoms with Crippen molar-refractivity contribution in [3.8, 4) is 0 Å². The van der Waals surface area contributed by atoms with Crippen LogP contribution in [-0.2, 0) is 14.6 Å².